The predicted molar refractivity (Wildman–Crippen MR) is 243 cm³/mol. The van der Waals surface area contributed by atoms with Gasteiger partial charge in [0.05, 0.1) is 50.3 Å². The summed E-state index contributed by atoms with van der Waals surface area (Å²) in [4.78, 5) is 0. The van der Waals surface area contributed by atoms with E-state index in [4.69, 9.17) is 0 Å². The van der Waals surface area contributed by atoms with Gasteiger partial charge in [0.25, 0.3) is 0 Å². The van der Waals surface area contributed by atoms with Gasteiger partial charge in [0.1, 0.15) is 0 Å². The molecule has 0 saturated carbocycles. The lowest BCUT2D eigenvalue weighted by Gasteiger charge is -2.26. The molecule has 0 fully saturated rings. The predicted octanol–water partition coefficient (Wildman–Crippen LogP) is 13.5. The van der Waals surface area contributed by atoms with Gasteiger partial charge in [-0.05, 0) is 116 Å². The van der Waals surface area contributed by atoms with Crippen molar-refractivity contribution in [3.63, 3.8) is 0 Å². The average Bonchev–Trinajstić information content (AvgIpc) is 4.01. The van der Waals surface area contributed by atoms with Crippen LogP contribution in [0.15, 0.2) is 152 Å². The smallest absolute Gasteiger partial charge is 0.0948 e. The van der Waals surface area contributed by atoms with Gasteiger partial charge in [0, 0.05) is 44.0 Å². The van der Waals surface area contributed by atoms with Crippen LogP contribution in [0.25, 0.3) is 95.5 Å². The van der Waals surface area contributed by atoms with Gasteiger partial charge in [-0.3, -0.25) is 0 Å². The largest absolute Gasteiger partial charge is 0.309 e. The first-order valence-corrected chi connectivity index (χ1v) is 20.9. The summed E-state index contributed by atoms with van der Waals surface area (Å²) in [6, 6.07) is 50.1. The lowest BCUT2D eigenvalue weighted by Crippen LogP contribution is -2.14. The first kappa shape index (κ1) is 32.1. The second kappa shape index (κ2) is 12.2. The van der Waals surface area contributed by atoms with Crippen molar-refractivity contribution in [1.82, 2.24) is 18.3 Å². The van der Waals surface area contributed by atoms with Gasteiger partial charge >= 0.3 is 0 Å². The number of rotatable bonds is 4. The van der Waals surface area contributed by atoms with E-state index in [0.717, 1.165) is 44.2 Å². The Morgan fingerprint density at radius 1 is 0.328 bits per heavy atom. The van der Waals surface area contributed by atoms with Crippen LogP contribution in [0.2, 0.25) is 0 Å². The van der Waals surface area contributed by atoms with Crippen LogP contribution in [0.3, 0.4) is 0 Å². The van der Waals surface area contributed by atoms with Crippen LogP contribution in [-0.2, 0) is 19.3 Å². The molecule has 4 heterocycles. The van der Waals surface area contributed by atoms with E-state index in [9.17, 15) is 0 Å². The third kappa shape index (κ3) is 4.35. The highest BCUT2D eigenvalue weighted by atomic mass is 15.1. The van der Waals surface area contributed by atoms with E-state index in [2.05, 4.69) is 188 Å². The second-order valence-electron chi connectivity index (χ2n) is 16.2. The maximum atomic E-state index is 2.61. The lowest BCUT2D eigenvalue weighted by molar-refractivity contribution is 0.925. The van der Waals surface area contributed by atoms with Gasteiger partial charge in [-0.15, -0.1) is 0 Å². The highest BCUT2D eigenvalue weighted by molar-refractivity contribution is 6.09. The van der Waals surface area contributed by atoms with Crippen LogP contribution in [0, 0.1) is 0 Å². The van der Waals surface area contributed by atoms with Crippen molar-refractivity contribution in [3.05, 3.63) is 185 Å². The standard InChI is InChI=1S/C54H40N4/c1-9-25-44-36(17-1)37-18-2-10-26-45(37)55(44)35-33-52(56-46-27-11-3-19-38(46)39-20-4-12-28-47(39)56)54(58-50-31-15-7-23-42(50)43-24-8-16-32-51(43)58)53(34-35)57-48-29-13-5-21-40(48)41-22-6-14-30-49(41)57/h1-3,5,7,9-19,21,23,25-34H,4,6,8,20,22,24H2. The Kier molecular flexibility index (Phi) is 6.77. The molecule has 0 unspecified atom stereocenters. The molecule has 0 radical (unpaired) electrons. The van der Waals surface area contributed by atoms with E-state index in [0.29, 0.717) is 0 Å². The summed E-state index contributed by atoms with van der Waals surface area (Å²) in [5.74, 6) is 0. The number of hydrogen-bond donors (Lipinski definition) is 0. The van der Waals surface area contributed by atoms with Crippen molar-refractivity contribution in [2.45, 2.75) is 38.5 Å². The summed E-state index contributed by atoms with van der Waals surface area (Å²) >= 11 is 0. The molecule has 3 aliphatic carbocycles. The number of benzene rings is 6. The zero-order valence-corrected chi connectivity index (χ0v) is 32.2. The highest BCUT2D eigenvalue weighted by Crippen LogP contribution is 2.46. The molecule has 0 saturated heterocycles. The van der Waals surface area contributed by atoms with Gasteiger partial charge in [0.2, 0.25) is 0 Å². The number of aromatic nitrogens is 4. The number of allylic oxidation sites excluding steroid dienone is 3. The Morgan fingerprint density at radius 2 is 0.655 bits per heavy atom. The lowest BCUT2D eigenvalue weighted by atomic mass is 10.0. The summed E-state index contributed by atoms with van der Waals surface area (Å²) in [5, 5.41) is 6.53. The van der Waals surface area contributed by atoms with E-state index in [1.807, 2.05) is 0 Å². The molecule has 10 aromatic rings. The van der Waals surface area contributed by atoms with E-state index in [1.54, 1.807) is 0 Å². The minimum atomic E-state index is 1.03. The van der Waals surface area contributed by atoms with Gasteiger partial charge in [-0.2, -0.15) is 0 Å². The third-order valence-corrected chi connectivity index (χ3v) is 13.2. The number of nitrogens with zero attached hydrogens (tertiary/aromatic N) is 4. The maximum Gasteiger partial charge on any atom is 0.0948 e. The topological polar surface area (TPSA) is 19.7 Å². The molecule has 58 heavy (non-hydrogen) atoms. The van der Waals surface area contributed by atoms with Gasteiger partial charge in [-0.1, -0.05) is 109 Å². The molecule has 0 bridgehead atoms. The van der Waals surface area contributed by atoms with Gasteiger partial charge in [-0.25, -0.2) is 0 Å². The molecule has 4 nitrogen and oxygen atoms in total. The van der Waals surface area contributed by atoms with Crippen molar-refractivity contribution in [2.75, 3.05) is 0 Å². The Hall–Kier alpha value is -7.04. The van der Waals surface area contributed by atoms with Crippen molar-refractivity contribution >= 4 is 72.7 Å². The minimum absolute atomic E-state index is 1.03. The molecule has 13 rings (SSSR count). The summed E-state index contributed by atoms with van der Waals surface area (Å²) in [5.41, 5.74) is 18.9. The Balaban J connectivity index is 1.29. The van der Waals surface area contributed by atoms with E-state index in [-0.39, 0.29) is 0 Å². The van der Waals surface area contributed by atoms with E-state index >= 15 is 0 Å². The van der Waals surface area contributed by atoms with Gasteiger partial charge in [0.15, 0.2) is 0 Å². The van der Waals surface area contributed by atoms with Crippen molar-refractivity contribution in [2.24, 2.45) is 0 Å². The first-order valence-electron chi connectivity index (χ1n) is 20.9. The number of aryl methyl sites for hydroxylation is 3. The normalized spacial score (nSPS) is 14.6. The molecule has 0 aliphatic heterocycles. The van der Waals surface area contributed by atoms with Crippen molar-refractivity contribution in [1.29, 1.82) is 0 Å². The van der Waals surface area contributed by atoms with Crippen molar-refractivity contribution in [3.8, 4) is 22.7 Å². The number of fused-ring (bicyclic) bond motifs is 12. The zero-order valence-electron chi connectivity index (χ0n) is 32.2. The molecule has 0 atom stereocenters. The summed E-state index contributed by atoms with van der Waals surface area (Å²) < 4.78 is 10.3. The first-order chi connectivity index (χ1) is 28.8. The second-order valence-corrected chi connectivity index (χ2v) is 16.2. The molecule has 0 N–H and O–H groups in total. The quantitative estimate of drug-likeness (QED) is 0.171. The van der Waals surface area contributed by atoms with E-state index < -0.39 is 0 Å². The molecule has 3 aliphatic rings. The van der Waals surface area contributed by atoms with Crippen LogP contribution >= 0.6 is 0 Å². The van der Waals surface area contributed by atoms with Crippen LogP contribution in [0.1, 0.15) is 53.0 Å². The Bertz CT molecular complexity index is 3280. The van der Waals surface area contributed by atoms with E-state index in [1.165, 1.54) is 105 Å². The summed E-state index contributed by atoms with van der Waals surface area (Å²) in [6.45, 7) is 0. The average molecular weight is 745 g/mol. The fraction of sp³-hybridized carbons (Fsp3) is 0.111. The molecule has 4 aromatic heterocycles. The third-order valence-electron chi connectivity index (χ3n) is 13.2. The number of hydrogen-bond acceptors (Lipinski definition) is 0. The Morgan fingerprint density at radius 3 is 1.07 bits per heavy atom. The fourth-order valence-electron chi connectivity index (χ4n) is 10.8. The fourth-order valence-corrected chi connectivity index (χ4v) is 10.8. The molecule has 6 aromatic carbocycles. The molecular weight excluding hydrogens is 705 g/mol. The van der Waals surface area contributed by atoms with Gasteiger partial charge < -0.3 is 18.3 Å². The summed E-state index contributed by atoms with van der Waals surface area (Å²) in [7, 11) is 0. The minimum Gasteiger partial charge on any atom is -0.309 e. The molecular formula is C54H40N4. The van der Waals surface area contributed by atoms with Crippen LogP contribution in [-0.4, -0.2) is 18.3 Å². The molecule has 0 spiro atoms. The molecule has 276 valence electrons. The highest BCUT2D eigenvalue weighted by Gasteiger charge is 2.30. The van der Waals surface area contributed by atoms with Crippen LogP contribution in [0.4, 0.5) is 0 Å². The monoisotopic (exact) mass is 744 g/mol. The Labute approximate surface area is 336 Å². The molecule has 4 heteroatoms. The number of para-hydroxylation sites is 5. The zero-order chi connectivity index (χ0) is 37.9. The van der Waals surface area contributed by atoms with Crippen molar-refractivity contribution < 1.29 is 0 Å². The maximum absolute atomic E-state index is 2.61. The van der Waals surface area contributed by atoms with Crippen LogP contribution < -0.4 is 0 Å². The SMILES string of the molecule is C1=Cc2c(c3ccccc3n2-c2cc(-n3c4ccccc4c4ccccc43)cc(-n3c4c(c5ccccc53)CCC=C4)c2-n2c3c(c4ccccc42)CCC=C3)CC1. The summed E-state index contributed by atoms with van der Waals surface area (Å²) in [6.07, 6.45) is 20.5. The molecule has 0 amide bonds. The van der Waals surface area contributed by atoms with Crippen LogP contribution in [0.5, 0.6) is 0 Å².